The summed E-state index contributed by atoms with van der Waals surface area (Å²) in [6.07, 6.45) is 1.79. The molecule has 0 spiro atoms. The second-order valence-corrected chi connectivity index (χ2v) is 4.27. The molecule has 0 aliphatic rings. The van der Waals surface area contributed by atoms with Gasteiger partial charge in [-0.3, -0.25) is 0 Å². The second kappa shape index (κ2) is 3.99. The van der Waals surface area contributed by atoms with Crippen molar-refractivity contribution >= 4 is 21.7 Å². The van der Waals surface area contributed by atoms with E-state index in [0.29, 0.717) is 11.4 Å². The van der Waals surface area contributed by atoms with E-state index in [1.54, 1.807) is 16.9 Å². The van der Waals surface area contributed by atoms with Crippen molar-refractivity contribution in [1.82, 2.24) is 9.78 Å². The fourth-order valence-electron chi connectivity index (χ4n) is 1.41. The van der Waals surface area contributed by atoms with E-state index in [2.05, 4.69) is 27.1 Å². The number of hydrogen-bond acceptors (Lipinski definition) is 3. The van der Waals surface area contributed by atoms with Gasteiger partial charge in [0.2, 0.25) is 0 Å². The molecule has 2 rings (SSSR count). The first-order valence-electron chi connectivity index (χ1n) is 4.63. The predicted octanol–water partition coefficient (Wildman–Crippen LogP) is 2.40. The summed E-state index contributed by atoms with van der Waals surface area (Å²) < 4.78 is 2.43. The van der Waals surface area contributed by atoms with Crippen molar-refractivity contribution in [2.24, 2.45) is 0 Å². The van der Waals surface area contributed by atoms with Gasteiger partial charge in [-0.2, -0.15) is 5.26 Å². The molecule has 80 valence electrons. The third-order valence-electron chi connectivity index (χ3n) is 2.29. The van der Waals surface area contributed by atoms with Gasteiger partial charge in [0, 0.05) is 6.20 Å². The van der Waals surface area contributed by atoms with E-state index in [1.165, 1.54) is 0 Å². The zero-order valence-corrected chi connectivity index (χ0v) is 10.2. The van der Waals surface area contributed by atoms with Crippen LogP contribution < -0.4 is 5.73 Å². The zero-order chi connectivity index (χ0) is 11.7. The van der Waals surface area contributed by atoms with Gasteiger partial charge in [0.1, 0.15) is 0 Å². The maximum absolute atomic E-state index is 8.83. The lowest BCUT2D eigenvalue weighted by Crippen LogP contribution is -1.97. The molecule has 0 saturated carbocycles. The fraction of sp³-hybridized carbons (Fsp3) is 0.0909. The number of benzene rings is 1. The SMILES string of the molecule is Cc1cc(-n2cc(Br)c(N)n2)ccc1C#N. The average Bonchev–Trinajstić information content (AvgIpc) is 2.59. The van der Waals surface area contributed by atoms with Crippen LogP contribution in [0.15, 0.2) is 28.9 Å². The Hall–Kier alpha value is -1.80. The third kappa shape index (κ3) is 1.79. The summed E-state index contributed by atoms with van der Waals surface area (Å²) in [5.74, 6) is 0.446. The Morgan fingerprint density at radius 2 is 2.25 bits per heavy atom. The fourth-order valence-corrected chi connectivity index (χ4v) is 1.69. The predicted molar refractivity (Wildman–Crippen MR) is 65.1 cm³/mol. The van der Waals surface area contributed by atoms with E-state index in [4.69, 9.17) is 11.0 Å². The third-order valence-corrected chi connectivity index (χ3v) is 2.90. The molecule has 1 aromatic heterocycles. The smallest absolute Gasteiger partial charge is 0.160 e. The van der Waals surface area contributed by atoms with E-state index < -0.39 is 0 Å². The molecular weight excluding hydrogens is 268 g/mol. The molecule has 0 fully saturated rings. The van der Waals surface area contributed by atoms with Gasteiger partial charge in [-0.05, 0) is 46.6 Å². The van der Waals surface area contributed by atoms with Crippen molar-refractivity contribution in [1.29, 1.82) is 5.26 Å². The summed E-state index contributed by atoms with van der Waals surface area (Å²) in [6, 6.07) is 7.64. The number of halogens is 1. The van der Waals surface area contributed by atoms with Gasteiger partial charge in [0.05, 0.1) is 21.8 Å². The monoisotopic (exact) mass is 276 g/mol. The van der Waals surface area contributed by atoms with Gasteiger partial charge >= 0.3 is 0 Å². The molecule has 1 aromatic carbocycles. The normalized spacial score (nSPS) is 10.1. The summed E-state index contributed by atoms with van der Waals surface area (Å²) in [4.78, 5) is 0. The highest BCUT2D eigenvalue weighted by Gasteiger charge is 2.05. The Bertz CT molecular complexity index is 561. The molecule has 4 nitrogen and oxygen atoms in total. The minimum atomic E-state index is 0.446. The molecule has 16 heavy (non-hydrogen) atoms. The van der Waals surface area contributed by atoms with E-state index in [-0.39, 0.29) is 0 Å². The van der Waals surface area contributed by atoms with Crippen molar-refractivity contribution in [3.63, 3.8) is 0 Å². The number of rotatable bonds is 1. The van der Waals surface area contributed by atoms with Crippen molar-refractivity contribution in [3.05, 3.63) is 40.0 Å². The average molecular weight is 277 g/mol. The van der Waals surface area contributed by atoms with Gasteiger partial charge in [0.25, 0.3) is 0 Å². The number of aryl methyl sites for hydroxylation is 1. The zero-order valence-electron chi connectivity index (χ0n) is 8.61. The van der Waals surface area contributed by atoms with Gasteiger partial charge in [-0.15, -0.1) is 5.10 Å². The van der Waals surface area contributed by atoms with Crippen molar-refractivity contribution in [2.45, 2.75) is 6.92 Å². The molecule has 2 aromatic rings. The number of nitriles is 1. The van der Waals surface area contributed by atoms with E-state index in [9.17, 15) is 0 Å². The van der Waals surface area contributed by atoms with Crippen LogP contribution in [-0.4, -0.2) is 9.78 Å². The Morgan fingerprint density at radius 1 is 1.50 bits per heavy atom. The van der Waals surface area contributed by atoms with Crippen LogP contribution in [0.2, 0.25) is 0 Å². The van der Waals surface area contributed by atoms with Crippen LogP contribution in [0.5, 0.6) is 0 Å². The molecule has 0 aliphatic carbocycles. The molecule has 0 atom stereocenters. The molecule has 0 unspecified atom stereocenters. The maximum Gasteiger partial charge on any atom is 0.160 e. The van der Waals surface area contributed by atoms with Crippen LogP contribution in [0.25, 0.3) is 5.69 Å². The summed E-state index contributed by atoms with van der Waals surface area (Å²) in [7, 11) is 0. The van der Waals surface area contributed by atoms with Crippen molar-refractivity contribution in [2.75, 3.05) is 5.73 Å². The molecule has 0 saturated heterocycles. The van der Waals surface area contributed by atoms with Crippen LogP contribution in [0.3, 0.4) is 0 Å². The number of hydrogen-bond donors (Lipinski definition) is 1. The lowest BCUT2D eigenvalue weighted by Gasteiger charge is -2.03. The van der Waals surface area contributed by atoms with Gasteiger partial charge < -0.3 is 5.73 Å². The molecule has 5 heteroatoms. The lowest BCUT2D eigenvalue weighted by atomic mass is 10.1. The quantitative estimate of drug-likeness (QED) is 0.870. The molecule has 1 heterocycles. The Labute approximate surface area is 101 Å². The summed E-state index contributed by atoms with van der Waals surface area (Å²) in [6.45, 7) is 1.89. The summed E-state index contributed by atoms with van der Waals surface area (Å²) >= 11 is 3.30. The molecule has 2 N–H and O–H groups in total. The van der Waals surface area contributed by atoms with Gasteiger partial charge in [-0.1, -0.05) is 0 Å². The van der Waals surface area contributed by atoms with E-state index >= 15 is 0 Å². The molecule has 0 radical (unpaired) electrons. The first-order valence-corrected chi connectivity index (χ1v) is 5.43. The van der Waals surface area contributed by atoms with Crippen molar-refractivity contribution < 1.29 is 0 Å². The van der Waals surface area contributed by atoms with Crippen LogP contribution in [0, 0.1) is 18.3 Å². The number of aromatic nitrogens is 2. The highest BCUT2D eigenvalue weighted by atomic mass is 79.9. The first-order chi connectivity index (χ1) is 7.61. The lowest BCUT2D eigenvalue weighted by molar-refractivity contribution is 0.884. The second-order valence-electron chi connectivity index (χ2n) is 3.42. The Kier molecular flexibility index (Phi) is 2.67. The summed E-state index contributed by atoms with van der Waals surface area (Å²) in [5, 5.41) is 13.0. The van der Waals surface area contributed by atoms with Gasteiger partial charge in [0.15, 0.2) is 5.82 Å². The minimum Gasteiger partial charge on any atom is -0.381 e. The van der Waals surface area contributed by atoms with Gasteiger partial charge in [-0.25, -0.2) is 4.68 Å². The Morgan fingerprint density at radius 3 is 2.75 bits per heavy atom. The first kappa shape index (κ1) is 10.7. The largest absolute Gasteiger partial charge is 0.381 e. The molecular formula is C11H9BrN4. The highest BCUT2D eigenvalue weighted by molar-refractivity contribution is 9.10. The highest BCUT2D eigenvalue weighted by Crippen LogP contribution is 2.20. The minimum absolute atomic E-state index is 0.446. The van der Waals surface area contributed by atoms with Crippen LogP contribution in [0.4, 0.5) is 5.82 Å². The Balaban J connectivity index is 2.50. The topological polar surface area (TPSA) is 67.6 Å². The van der Waals surface area contributed by atoms with Crippen LogP contribution in [0.1, 0.15) is 11.1 Å². The van der Waals surface area contributed by atoms with Crippen LogP contribution in [-0.2, 0) is 0 Å². The molecule has 0 bridgehead atoms. The number of anilines is 1. The standard InChI is InChI=1S/C11H9BrN4/c1-7-4-9(3-2-8(7)5-13)16-6-10(12)11(14)15-16/h2-4,6H,1H3,(H2,14,15). The maximum atomic E-state index is 8.83. The number of nitrogen functional groups attached to an aromatic ring is 1. The summed E-state index contributed by atoms with van der Waals surface area (Å²) in [5.41, 5.74) is 8.12. The van der Waals surface area contributed by atoms with Crippen molar-refractivity contribution in [3.8, 4) is 11.8 Å². The van der Waals surface area contributed by atoms with E-state index in [1.807, 2.05) is 19.1 Å². The van der Waals surface area contributed by atoms with Crippen LogP contribution >= 0.6 is 15.9 Å². The number of nitrogens with two attached hydrogens (primary N) is 1. The number of nitrogens with zero attached hydrogens (tertiary/aromatic N) is 3. The molecule has 0 amide bonds. The molecule has 0 aliphatic heterocycles. The van der Waals surface area contributed by atoms with E-state index in [0.717, 1.165) is 15.7 Å².